The summed E-state index contributed by atoms with van der Waals surface area (Å²) in [6.45, 7) is 3.01. The topological polar surface area (TPSA) is 84.5 Å². The Morgan fingerprint density at radius 3 is 2.29 bits per heavy atom. The lowest BCUT2D eigenvalue weighted by atomic mass is 10.2. The number of esters is 1. The van der Waals surface area contributed by atoms with E-state index < -0.39 is 24.0 Å². The van der Waals surface area contributed by atoms with Crippen molar-refractivity contribution < 1.29 is 19.1 Å². The molecule has 0 saturated heterocycles. The summed E-state index contributed by atoms with van der Waals surface area (Å²) in [6.07, 6.45) is 0.424. The first kappa shape index (κ1) is 12.4. The lowest BCUT2D eigenvalue weighted by Gasteiger charge is -2.14. The normalized spacial score (nSPS) is 13.6. The van der Waals surface area contributed by atoms with Gasteiger partial charge in [0, 0.05) is 0 Å². The number of carbonyl (C=O) groups excluding carboxylic acids is 3. The molecule has 0 radical (unpaired) electrons. The number of hydrogen-bond donors (Lipinski definition) is 2. The minimum atomic E-state index is -0.719. The maximum Gasteiger partial charge on any atom is 0.328 e. The van der Waals surface area contributed by atoms with Crippen molar-refractivity contribution in [2.45, 2.75) is 25.9 Å². The molecule has 0 saturated carbocycles. The fourth-order valence-corrected chi connectivity index (χ4v) is 0.752. The van der Waals surface area contributed by atoms with E-state index in [1.165, 1.54) is 21.0 Å². The van der Waals surface area contributed by atoms with Crippen LogP contribution < -0.4 is 10.6 Å². The Morgan fingerprint density at radius 1 is 1.29 bits per heavy atom. The number of carbonyl (C=O) groups is 3. The van der Waals surface area contributed by atoms with Crippen molar-refractivity contribution in [3.05, 3.63) is 0 Å². The van der Waals surface area contributed by atoms with E-state index in [-0.39, 0.29) is 0 Å². The van der Waals surface area contributed by atoms with Gasteiger partial charge in [0.25, 0.3) is 0 Å². The van der Waals surface area contributed by atoms with E-state index in [2.05, 4.69) is 15.4 Å². The van der Waals surface area contributed by atoms with Crippen molar-refractivity contribution in [2.75, 3.05) is 7.11 Å². The zero-order valence-corrected chi connectivity index (χ0v) is 8.37. The van der Waals surface area contributed by atoms with Crippen LogP contribution in [0.3, 0.4) is 0 Å². The molecule has 0 aromatic heterocycles. The lowest BCUT2D eigenvalue weighted by molar-refractivity contribution is -0.144. The maximum atomic E-state index is 11.2. The fourth-order valence-electron chi connectivity index (χ4n) is 0.752. The summed E-state index contributed by atoms with van der Waals surface area (Å²) >= 11 is 0. The fraction of sp³-hybridized carbons (Fsp3) is 0.625. The van der Waals surface area contributed by atoms with Gasteiger partial charge in [-0.25, -0.2) is 4.79 Å². The summed E-state index contributed by atoms with van der Waals surface area (Å²) in [7, 11) is 1.23. The van der Waals surface area contributed by atoms with Crippen LogP contribution in [0.15, 0.2) is 0 Å². The molecular weight excluding hydrogens is 188 g/mol. The number of rotatable bonds is 5. The molecule has 0 heterocycles. The predicted molar refractivity (Wildman–Crippen MR) is 48.3 cm³/mol. The zero-order chi connectivity index (χ0) is 11.1. The quantitative estimate of drug-likeness (QED) is 0.433. The van der Waals surface area contributed by atoms with Crippen molar-refractivity contribution in [2.24, 2.45) is 0 Å². The summed E-state index contributed by atoms with van der Waals surface area (Å²) in [6, 6.07) is -1.39. The molecule has 0 fully saturated rings. The van der Waals surface area contributed by atoms with Gasteiger partial charge >= 0.3 is 5.97 Å². The van der Waals surface area contributed by atoms with Gasteiger partial charge in [0.05, 0.1) is 7.11 Å². The minimum Gasteiger partial charge on any atom is -0.467 e. The second-order valence-corrected chi connectivity index (χ2v) is 2.76. The van der Waals surface area contributed by atoms with Gasteiger partial charge in [-0.2, -0.15) is 0 Å². The minimum absolute atomic E-state index is 0.424. The van der Waals surface area contributed by atoms with Gasteiger partial charge in [0.2, 0.25) is 12.3 Å². The van der Waals surface area contributed by atoms with Crippen LogP contribution in [0.25, 0.3) is 0 Å². The molecule has 80 valence electrons. The summed E-state index contributed by atoms with van der Waals surface area (Å²) in [4.78, 5) is 32.1. The molecule has 0 spiro atoms. The highest BCUT2D eigenvalue weighted by atomic mass is 16.5. The third-order valence-corrected chi connectivity index (χ3v) is 1.62. The third kappa shape index (κ3) is 3.88. The second kappa shape index (κ2) is 5.95. The average molecular weight is 202 g/mol. The summed E-state index contributed by atoms with van der Waals surface area (Å²) in [5.74, 6) is -0.966. The molecule has 0 aliphatic heterocycles. The van der Waals surface area contributed by atoms with Crippen LogP contribution in [-0.4, -0.2) is 37.5 Å². The standard InChI is InChI=1S/C8H14N2O4/c1-5(9-4-11)7(12)10-6(2)8(13)14-3/h4-6H,1-3H3,(H,9,11)(H,10,12). The van der Waals surface area contributed by atoms with E-state index in [0.717, 1.165) is 0 Å². The first-order valence-corrected chi connectivity index (χ1v) is 4.10. The van der Waals surface area contributed by atoms with Crippen LogP contribution in [-0.2, 0) is 19.1 Å². The van der Waals surface area contributed by atoms with Crippen LogP contribution in [0.4, 0.5) is 0 Å². The number of ether oxygens (including phenoxy) is 1. The molecule has 6 heteroatoms. The molecule has 0 aliphatic carbocycles. The molecular formula is C8H14N2O4. The Morgan fingerprint density at radius 2 is 1.86 bits per heavy atom. The number of nitrogens with one attached hydrogen (secondary N) is 2. The first-order chi connectivity index (χ1) is 6.52. The van der Waals surface area contributed by atoms with Crippen molar-refractivity contribution in [3.8, 4) is 0 Å². The largest absolute Gasteiger partial charge is 0.467 e. The Hall–Kier alpha value is -1.59. The van der Waals surface area contributed by atoms with Crippen molar-refractivity contribution in [1.82, 2.24) is 10.6 Å². The predicted octanol–water partition coefficient (Wildman–Crippen LogP) is -1.20. The molecule has 0 bridgehead atoms. The van der Waals surface area contributed by atoms with E-state index in [9.17, 15) is 14.4 Å². The Kier molecular flexibility index (Phi) is 5.28. The summed E-state index contributed by atoms with van der Waals surface area (Å²) < 4.78 is 4.41. The number of amides is 2. The van der Waals surface area contributed by atoms with Gasteiger partial charge in [-0.3, -0.25) is 9.59 Å². The highest BCUT2D eigenvalue weighted by molar-refractivity contribution is 5.87. The summed E-state index contributed by atoms with van der Waals surface area (Å²) in [5, 5.41) is 4.64. The Balaban J connectivity index is 4.04. The molecule has 2 amide bonds. The van der Waals surface area contributed by atoms with Gasteiger partial charge < -0.3 is 15.4 Å². The van der Waals surface area contributed by atoms with E-state index in [1.807, 2.05) is 0 Å². The summed E-state index contributed by atoms with van der Waals surface area (Å²) in [5.41, 5.74) is 0. The van der Waals surface area contributed by atoms with Crippen LogP contribution in [0.1, 0.15) is 13.8 Å². The van der Waals surface area contributed by atoms with Crippen molar-refractivity contribution in [1.29, 1.82) is 0 Å². The Bertz CT molecular complexity index is 229. The molecule has 0 aliphatic rings. The highest BCUT2D eigenvalue weighted by Crippen LogP contribution is 1.88. The maximum absolute atomic E-state index is 11.2. The van der Waals surface area contributed by atoms with Gasteiger partial charge in [0.1, 0.15) is 12.1 Å². The van der Waals surface area contributed by atoms with E-state index in [1.54, 1.807) is 0 Å². The first-order valence-electron chi connectivity index (χ1n) is 4.10. The molecule has 14 heavy (non-hydrogen) atoms. The zero-order valence-electron chi connectivity index (χ0n) is 8.37. The van der Waals surface area contributed by atoms with Crippen LogP contribution in [0.2, 0.25) is 0 Å². The van der Waals surface area contributed by atoms with Gasteiger partial charge in [-0.15, -0.1) is 0 Å². The number of hydrogen-bond acceptors (Lipinski definition) is 4. The molecule has 0 rings (SSSR count). The van der Waals surface area contributed by atoms with Crippen LogP contribution >= 0.6 is 0 Å². The third-order valence-electron chi connectivity index (χ3n) is 1.62. The van der Waals surface area contributed by atoms with Crippen molar-refractivity contribution >= 4 is 18.3 Å². The molecule has 0 aromatic carbocycles. The van der Waals surface area contributed by atoms with Crippen LogP contribution in [0.5, 0.6) is 0 Å². The lowest BCUT2D eigenvalue weighted by Crippen LogP contribution is -2.47. The van der Waals surface area contributed by atoms with Crippen LogP contribution in [0, 0.1) is 0 Å². The molecule has 2 N–H and O–H groups in total. The second-order valence-electron chi connectivity index (χ2n) is 2.76. The van der Waals surface area contributed by atoms with Gasteiger partial charge in [-0.1, -0.05) is 0 Å². The van der Waals surface area contributed by atoms with E-state index in [0.29, 0.717) is 6.41 Å². The highest BCUT2D eigenvalue weighted by Gasteiger charge is 2.19. The van der Waals surface area contributed by atoms with E-state index >= 15 is 0 Å². The molecule has 0 aromatic rings. The Labute approximate surface area is 82.0 Å². The average Bonchev–Trinajstić information content (AvgIpc) is 2.16. The molecule has 6 nitrogen and oxygen atoms in total. The SMILES string of the molecule is COC(=O)C(C)NC(=O)C(C)NC=O. The smallest absolute Gasteiger partial charge is 0.328 e. The van der Waals surface area contributed by atoms with Gasteiger partial charge in [0.15, 0.2) is 0 Å². The van der Waals surface area contributed by atoms with Crippen molar-refractivity contribution in [3.63, 3.8) is 0 Å². The number of methoxy groups -OCH3 is 1. The molecule has 2 atom stereocenters. The monoisotopic (exact) mass is 202 g/mol. The van der Waals surface area contributed by atoms with Gasteiger partial charge in [-0.05, 0) is 13.8 Å². The molecule has 2 unspecified atom stereocenters. The van der Waals surface area contributed by atoms with E-state index in [4.69, 9.17) is 0 Å².